The molecule has 1 rings (SSSR count). The number of sulfone groups is 1. The maximum Gasteiger partial charge on any atom is 0.314 e. The second-order valence-electron chi connectivity index (χ2n) is 2.80. The minimum Gasteiger partial charge on any atom is -0.353 e. The zero-order valence-electron chi connectivity index (χ0n) is 8.15. The minimum atomic E-state index is -3.18. The van der Waals surface area contributed by atoms with Gasteiger partial charge in [-0.25, -0.2) is 8.42 Å². The molecule has 0 bridgehead atoms. The number of aromatic nitrogens is 3. The lowest BCUT2D eigenvalue weighted by molar-refractivity contribution is 0.533. The van der Waals surface area contributed by atoms with Gasteiger partial charge in [0.05, 0.1) is 11.5 Å². The van der Waals surface area contributed by atoms with Crippen LogP contribution in [0.1, 0.15) is 0 Å². The molecule has 89 valence electrons. The minimum absolute atomic E-state index is 0.0476. The highest BCUT2D eigenvalue weighted by Gasteiger charge is 2.09. The monoisotopic (exact) mass is 267 g/mol. The molecule has 16 heavy (non-hydrogen) atoms. The van der Waals surface area contributed by atoms with Crippen LogP contribution in [0, 0.1) is 12.4 Å². The summed E-state index contributed by atoms with van der Waals surface area (Å²) in [5.41, 5.74) is 0. The highest BCUT2D eigenvalue weighted by atomic mass is 35.5. The molecule has 9 heteroatoms. The van der Waals surface area contributed by atoms with Crippen molar-refractivity contribution in [2.24, 2.45) is 0 Å². The van der Waals surface area contributed by atoms with Gasteiger partial charge in [-0.1, -0.05) is 0 Å². The molecule has 0 saturated carbocycles. The Morgan fingerprint density at radius 2 is 2.12 bits per heavy atom. The predicted molar refractivity (Wildman–Crippen MR) is 56.5 cm³/mol. The number of anilines is 1. The summed E-state index contributed by atoms with van der Waals surface area (Å²) >= 11 is 5.32. The van der Waals surface area contributed by atoms with Crippen LogP contribution in [0.3, 0.4) is 0 Å². The summed E-state index contributed by atoms with van der Waals surface area (Å²) in [6, 6.07) is 0. The third-order valence-corrected chi connectivity index (χ3v) is 3.65. The van der Waals surface area contributed by atoms with Gasteiger partial charge in [0.25, 0.3) is 0 Å². The molecular formula is C7H9ClFN4O2S. The van der Waals surface area contributed by atoms with Crippen molar-refractivity contribution in [1.82, 2.24) is 15.0 Å². The van der Waals surface area contributed by atoms with Gasteiger partial charge >= 0.3 is 6.08 Å². The Morgan fingerprint density at radius 3 is 2.75 bits per heavy atom. The Hall–Kier alpha value is -1.02. The van der Waals surface area contributed by atoms with Crippen LogP contribution in [0.4, 0.5) is 10.3 Å². The fourth-order valence-electron chi connectivity index (χ4n) is 0.868. The molecule has 0 aliphatic carbocycles. The summed E-state index contributed by atoms with van der Waals surface area (Å²) in [7, 11) is -3.18. The molecular weight excluding hydrogens is 259 g/mol. The molecule has 0 saturated heterocycles. The van der Waals surface area contributed by atoms with Crippen LogP contribution >= 0.6 is 11.6 Å². The van der Waals surface area contributed by atoms with E-state index in [0.717, 1.165) is 0 Å². The van der Waals surface area contributed by atoms with Crippen molar-refractivity contribution in [1.29, 1.82) is 0 Å². The summed E-state index contributed by atoms with van der Waals surface area (Å²) < 4.78 is 34.9. The quantitative estimate of drug-likeness (QED) is 0.723. The lowest BCUT2D eigenvalue weighted by Crippen LogP contribution is -2.20. The van der Waals surface area contributed by atoms with Gasteiger partial charge in [-0.2, -0.15) is 19.3 Å². The van der Waals surface area contributed by atoms with Crippen molar-refractivity contribution < 1.29 is 12.8 Å². The summed E-state index contributed by atoms with van der Waals surface area (Å²) in [4.78, 5) is 9.81. The molecule has 1 aromatic rings. The highest BCUT2D eigenvalue weighted by Crippen LogP contribution is 1.97. The summed E-state index contributed by atoms with van der Waals surface area (Å²) in [6.07, 6.45) is 1.06. The van der Waals surface area contributed by atoms with Crippen molar-refractivity contribution in [3.63, 3.8) is 0 Å². The summed E-state index contributed by atoms with van der Waals surface area (Å²) in [5, 5.41) is 2.54. The van der Waals surface area contributed by atoms with Gasteiger partial charge in [-0.3, -0.25) is 0 Å². The van der Waals surface area contributed by atoms with E-state index >= 15 is 0 Å². The fraction of sp³-hybridized carbons (Fsp3) is 0.571. The SMILES string of the molecule is O=S(=O)(CCCl)CCNc1n[c]nc(F)n1. The average molecular weight is 268 g/mol. The average Bonchev–Trinajstić information content (AvgIpc) is 2.17. The predicted octanol–water partition coefficient (Wildman–Crippen LogP) is -0.124. The van der Waals surface area contributed by atoms with Crippen LogP contribution in [-0.2, 0) is 9.84 Å². The number of halogens is 2. The van der Waals surface area contributed by atoms with Crippen molar-refractivity contribution >= 4 is 27.4 Å². The zero-order valence-corrected chi connectivity index (χ0v) is 9.72. The number of rotatable bonds is 6. The first-order chi connectivity index (χ1) is 7.53. The fourth-order valence-corrected chi connectivity index (χ4v) is 2.43. The van der Waals surface area contributed by atoms with Crippen molar-refractivity contribution in [3.8, 4) is 0 Å². The maximum absolute atomic E-state index is 12.5. The van der Waals surface area contributed by atoms with Crippen LogP contribution in [0.5, 0.6) is 0 Å². The molecule has 0 unspecified atom stereocenters. The molecule has 1 radical (unpaired) electrons. The van der Waals surface area contributed by atoms with Crippen LogP contribution in [0.25, 0.3) is 0 Å². The van der Waals surface area contributed by atoms with Crippen LogP contribution < -0.4 is 5.32 Å². The first kappa shape index (κ1) is 13.0. The van der Waals surface area contributed by atoms with E-state index in [1.165, 1.54) is 0 Å². The molecule has 0 fully saturated rings. The lowest BCUT2D eigenvalue weighted by Gasteiger charge is -2.04. The zero-order chi connectivity index (χ0) is 12.0. The summed E-state index contributed by atoms with van der Waals surface area (Å²) in [5.74, 6) is -0.203. The number of nitrogens with zero attached hydrogens (tertiary/aromatic N) is 3. The van der Waals surface area contributed by atoms with Crippen molar-refractivity contribution in [2.75, 3.05) is 29.2 Å². The van der Waals surface area contributed by atoms with Crippen LogP contribution in [-0.4, -0.2) is 47.3 Å². The standard InChI is InChI=1S/C7H9ClFN4O2S/c8-1-3-16(14,15)4-2-10-7-12-5-11-6(9)13-7/h1-4H2,(H,10,11,12,13). The number of hydrogen-bond donors (Lipinski definition) is 1. The number of nitrogens with one attached hydrogen (secondary N) is 1. The molecule has 0 amide bonds. The van der Waals surface area contributed by atoms with Crippen molar-refractivity contribution in [2.45, 2.75) is 0 Å². The molecule has 1 N–H and O–H groups in total. The Labute approximate surface area is 97.2 Å². The van der Waals surface area contributed by atoms with Crippen LogP contribution in [0.15, 0.2) is 0 Å². The Morgan fingerprint density at radius 1 is 1.38 bits per heavy atom. The van der Waals surface area contributed by atoms with Gasteiger partial charge in [0, 0.05) is 12.4 Å². The third kappa shape index (κ3) is 4.67. The number of hydrogen-bond acceptors (Lipinski definition) is 6. The normalized spacial score (nSPS) is 11.4. The molecule has 1 heterocycles. The van der Waals surface area contributed by atoms with Crippen LogP contribution in [0.2, 0.25) is 0 Å². The van der Waals surface area contributed by atoms with Crippen molar-refractivity contribution in [3.05, 3.63) is 12.4 Å². The largest absolute Gasteiger partial charge is 0.353 e. The smallest absolute Gasteiger partial charge is 0.314 e. The topological polar surface area (TPSA) is 84.8 Å². The van der Waals surface area contributed by atoms with E-state index in [-0.39, 0.29) is 29.9 Å². The molecule has 1 aromatic heterocycles. The van der Waals surface area contributed by atoms with E-state index in [4.69, 9.17) is 11.6 Å². The first-order valence-electron chi connectivity index (χ1n) is 4.31. The maximum atomic E-state index is 12.5. The number of alkyl halides is 1. The van der Waals surface area contributed by atoms with E-state index in [9.17, 15) is 12.8 Å². The Kier molecular flexibility index (Phi) is 4.81. The molecule has 0 aromatic carbocycles. The third-order valence-electron chi connectivity index (χ3n) is 1.58. The first-order valence-corrected chi connectivity index (χ1v) is 6.67. The van der Waals surface area contributed by atoms with E-state index in [1.807, 2.05) is 6.33 Å². The molecule has 0 spiro atoms. The van der Waals surface area contributed by atoms with E-state index in [0.29, 0.717) is 0 Å². The van der Waals surface area contributed by atoms with Gasteiger partial charge in [0.1, 0.15) is 0 Å². The second kappa shape index (κ2) is 5.90. The van der Waals surface area contributed by atoms with E-state index in [2.05, 4.69) is 20.3 Å². The summed E-state index contributed by atoms with van der Waals surface area (Å²) in [6.45, 7) is 0.0799. The van der Waals surface area contributed by atoms with E-state index in [1.54, 1.807) is 0 Å². The Bertz CT molecular complexity index is 442. The van der Waals surface area contributed by atoms with Gasteiger partial charge in [0.15, 0.2) is 9.84 Å². The second-order valence-corrected chi connectivity index (χ2v) is 5.48. The molecule has 0 aliphatic heterocycles. The highest BCUT2D eigenvalue weighted by molar-refractivity contribution is 7.91. The van der Waals surface area contributed by atoms with Gasteiger partial charge < -0.3 is 5.32 Å². The van der Waals surface area contributed by atoms with Gasteiger partial charge in [-0.15, -0.1) is 11.6 Å². The molecule has 0 aliphatic rings. The van der Waals surface area contributed by atoms with Gasteiger partial charge in [0.2, 0.25) is 12.3 Å². The Balaban J connectivity index is 2.42. The molecule has 6 nitrogen and oxygen atoms in total. The lowest BCUT2D eigenvalue weighted by atomic mass is 10.7. The molecule has 0 atom stereocenters. The van der Waals surface area contributed by atoms with Gasteiger partial charge in [-0.05, 0) is 0 Å². The van der Waals surface area contributed by atoms with E-state index < -0.39 is 15.9 Å².